The topological polar surface area (TPSA) is 20.3 Å². The van der Waals surface area contributed by atoms with E-state index < -0.39 is 0 Å². The third-order valence-corrected chi connectivity index (χ3v) is 3.94. The minimum atomic E-state index is 0.546. The van der Waals surface area contributed by atoms with E-state index in [1.165, 1.54) is 17.8 Å². The lowest BCUT2D eigenvalue weighted by Crippen LogP contribution is -2.32. The molecule has 90 valence electrons. The Bertz CT molecular complexity index is 321. The van der Waals surface area contributed by atoms with Gasteiger partial charge in [-0.25, -0.2) is 0 Å². The van der Waals surface area contributed by atoms with Gasteiger partial charge in [0.25, 0.3) is 0 Å². The van der Waals surface area contributed by atoms with Gasteiger partial charge in [0.05, 0.1) is 9.88 Å². The molecule has 3 heteroatoms. The molecule has 0 aliphatic carbocycles. The van der Waals surface area contributed by atoms with Gasteiger partial charge < -0.3 is 4.90 Å². The summed E-state index contributed by atoms with van der Waals surface area (Å²) in [5.41, 5.74) is 0. The lowest BCUT2D eigenvalue weighted by Gasteiger charge is -2.29. The molecule has 0 aliphatic heterocycles. The monoisotopic (exact) mass is 239 g/mol. The SMILES string of the molecule is CCCCN(c1ccc(C=O)s1)C(C)CC. The molecule has 0 aromatic carbocycles. The fourth-order valence-electron chi connectivity index (χ4n) is 1.66. The molecular formula is C13H21NOS. The number of carbonyl (C=O) groups excluding carboxylic acids is 1. The maximum absolute atomic E-state index is 10.7. The summed E-state index contributed by atoms with van der Waals surface area (Å²) in [6.07, 6.45) is 4.48. The molecule has 1 heterocycles. The number of nitrogens with zero attached hydrogens (tertiary/aromatic N) is 1. The molecule has 0 bridgehead atoms. The van der Waals surface area contributed by atoms with Crippen LogP contribution in [0.2, 0.25) is 0 Å². The van der Waals surface area contributed by atoms with E-state index in [2.05, 4.69) is 31.7 Å². The summed E-state index contributed by atoms with van der Waals surface area (Å²) < 4.78 is 0. The quantitative estimate of drug-likeness (QED) is 0.671. The standard InChI is InChI=1S/C13H21NOS/c1-4-6-9-14(11(3)5-2)13-8-7-12(10-15)16-13/h7-8,10-11H,4-6,9H2,1-3H3. The minimum absolute atomic E-state index is 0.546. The van der Waals surface area contributed by atoms with Crippen LogP contribution in [-0.4, -0.2) is 18.9 Å². The number of anilines is 1. The van der Waals surface area contributed by atoms with Gasteiger partial charge >= 0.3 is 0 Å². The fourth-order valence-corrected chi connectivity index (χ4v) is 2.61. The van der Waals surface area contributed by atoms with Gasteiger partial charge in [0.15, 0.2) is 6.29 Å². The second kappa shape index (κ2) is 6.69. The molecule has 2 nitrogen and oxygen atoms in total. The normalized spacial score (nSPS) is 12.4. The predicted octanol–water partition coefficient (Wildman–Crippen LogP) is 3.97. The van der Waals surface area contributed by atoms with Crippen molar-refractivity contribution in [1.82, 2.24) is 0 Å². The highest BCUT2D eigenvalue weighted by atomic mass is 32.1. The number of hydrogen-bond acceptors (Lipinski definition) is 3. The van der Waals surface area contributed by atoms with Crippen LogP contribution in [0.25, 0.3) is 0 Å². The van der Waals surface area contributed by atoms with Gasteiger partial charge in [-0.05, 0) is 31.9 Å². The van der Waals surface area contributed by atoms with Crippen molar-refractivity contribution in [2.45, 2.75) is 46.1 Å². The zero-order valence-electron chi connectivity index (χ0n) is 10.4. The van der Waals surface area contributed by atoms with Crippen molar-refractivity contribution in [3.8, 4) is 0 Å². The maximum atomic E-state index is 10.7. The van der Waals surface area contributed by atoms with Crippen molar-refractivity contribution in [2.24, 2.45) is 0 Å². The molecule has 0 fully saturated rings. The number of hydrogen-bond donors (Lipinski definition) is 0. The van der Waals surface area contributed by atoms with Crippen molar-refractivity contribution >= 4 is 22.6 Å². The molecule has 1 aromatic heterocycles. The van der Waals surface area contributed by atoms with E-state index in [4.69, 9.17) is 0 Å². The van der Waals surface area contributed by atoms with E-state index in [1.54, 1.807) is 11.3 Å². The first-order chi connectivity index (χ1) is 7.72. The third-order valence-electron chi connectivity index (χ3n) is 2.89. The van der Waals surface area contributed by atoms with E-state index in [0.717, 1.165) is 24.1 Å². The molecule has 0 saturated heterocycles. The molecule has 0 spiro atoms. The van der Waals surface area contributed by atoms with E-state index in [1.807, 2.05) is 6.07 Å². The molecule has 1 rings (SSSR count). The lowest BCUT2D eigenvalue weighted by molar-refractivity contribution is 0.112. The summed E-state index contributed by atoms with van der Waals surface area (Å²) in [6, 6.07) is 4.52. The molecule has 1 aromatic rings. The molecule has 0 N–H and O–H groups in total. The first-order valence-electron chi connectivity index (χ1n) is 6.04. The fraction of sp³-hybridized carbons (Fsp3) is 0.615. The average Bonchev–Trinajstić information content (AvgIpc) is 2.77. The van der Waals surface area contributed by atoms with Crippen LogP contribution < -0.4 is 4.90 Å². The maximum Gasteiger partial charge on any atom is 0.160 e. The number of carbonyl (C=O) groups is 1. The van der Waals surface area contributed by atoms with E-state index in [9.17, 15) is 4.79 Å². The van der Waals surface area contributed by atoms with Crippen molar-refractivity contribution < 1.29 is 4.79 Å². The Morgan fingerprint density at radius 2 is 2.19 bits per heavy atom. The van der Waals surface area contributed by atoms with Gasteiger partial charge in [0, 0.05) is 12.6 Å². The van der Waals surface area contributed by atoms with Crippen molar-refractivity contribution in [1.29, 1.82) is 0 Å². The Labute approximate surface area is 102 Å². The van der Waals surface area contributed by atoms with Gasteiger partial charge in [-0.15, -0.1) is 11.3 Å². The van der Waals surface area contributed by atoms with Gasteiger partial charge in [-0.1, -0.05) is 20.3 Å². The van der Waals surface area contributed by atoms with E-state index in [0.29, 0.717) is 6.04 Å². The summed E-state index contributed by atoms with van der Waals surface area (Å²) in [7, 11) is 0. The number of unbranched alkanes of at least 4 members (excludes halogenated alkanes) is 1. The Morgan fingerprint density at radius 3 is 2.69 bits per heavy atom. The van der Waals surface area contributed by atoms with Crippen molar-refractivity contribution in [2.75, 3.05) is 11.4 Å². The summed E-state index contributed by atoms with van der Waals surface area (Å²) in [6.45, 7) is 7.75. The number of rotatable bonds is 7. The molecule has 1 atom stereocenters. The first kappa shape index (κ1) is 13.2. The molecule has 0 saturated carbocycles. The highest BCUT2D eigenvalue weighted by molar-refractivity contribution is 7.17. The zero-order chi connectivity index (χ0) is 12.0. The molecule has 16 heavy (non-hydrogen) atoms. The van der Waals surface area contributed by atoms with Crippen LogP contribution in [-0.2, 0) is 0 Å². The lowest BCUT2D eigenvalue weighted by atomic mass is 10.2. The van der Waals surface area contributed by atoms with Gasteiger partial charge in [-0.3, -0.25) is 4.79 Å². The summed E-state index contributed by atoms with van der Waals surface area (Å²) in [5, 5.41) is 1.23. The Kier molecular flexibility index (Phi) is 5.53. The largest absolute Gasteiger partial charge is 0.361 e. The molecule has 1 unspecified atom stereocenters. The average molecular weight is 239 g/mol. The van der Waals surface area contributed by atoms with E-state index >= 15 is 0 Å². The second-order valence-electron chi connectivity index (χ2n) is 4.10. The highest BCUT2D eigenvalue weighted by Crippen LogP contribution is 2.27. The van der Waals surface area contributed by atoms with Crippen LogP contribution in [0.4, 0.5) is 5.00 Å². The zero-order valence-corrected chi connectivity index (χ0v) is 11.2. The van der Waals surface area contributed by atoms with Gasteiger partial charge in [0.1, 0.15) is 0 Å². The number of thiophene rings is 1. The smallest absolute Gasteiger partial charge is 0.160 e. The van der Waals surface area contributed by atoms with Crippen LogP contribution >= 0.6 is 11.3 Å². The second-order valence-corrected chi connectivity index (χ2v) is 5.19. The third kappa shape index (κ3) is 3.34. The van der Waals surface area contributed by atoms with Crippen molar-refractivity contribution in [3.05, 3.63) is 17.0 Å². The van der Waals surface area contributed by atoms with Crippen LogP contribution in [0.1, 0.15) is 49.7 Å². The van der Waals surface area contributed by atoms with Crippen LogP contribution in [0.15, 0.2) is 12.1 Å². The summed E-state index contributed by atoms with van der Waals surface area (Å²) in [4.78, 5) is 13.9. The minimum Gasteiger partial charge on any atom is -0.361 e. The van der Waals surface area contributed by atoms with Crippen LogP contribution in [0, 0.1) is 0 Å². The summed E-state index contributed by atoms with van der Waals surface area (Å²) >= 11 is 1.59. The van der Waals surface area contributed by atoms with Crippen molar-refractivity contribution in [3.63, 3.8) is 0 Å². The molecule has 0 radical (unpaired) electrons. The Balaban J connectivity index is 2.77. The van der Waals surface area contributed by atoms with Crippen LogP contribution in [0.5, 0.6) is 0 Å². The van der Waals surface area contributed by atoms with Gasteiger partial charge in [-0.2, -0.15) is 0 Å². The van der Waals surface area contributed by atoms with Gasteiger partial charge in [0.2, 0.25) is 0 Å². The summed E-state index contributed by atoms with van der Waals surface area (Å²) in [5.74, 6) is 0. The number of aldehydes is 1. The van der Waals surface area contributed by atoms with Crippen LogP contribution in [0.3, 0.4) is 0 Å². The predicted molar refractivity (Wildman–Crippen MR) is 71.7 cm³/mol. The Hall–Kier alpha value is -0.830. The Morgan fingerprint density at radius 1 is 1.44 bits per heavy atom. The molecular weight excluding hydrogens is 218 g/mol. The van der Waals surface area contributed by atoms with E-state index in [-0.39, 0.29) is 0 Å². The molecule has 0 aliphatic rings. The highest BCUT2D eigenvalue weighted by Gasteiger charge is 2.14. The first-order valence-corrected chi connectivity index (χ1v) is 6.86. The molecule has 0 amide bonds.